The minimum absolute atomic E-state index is 0.413. The minimum Gasteiger partial charge on any atom is -0.464 e. The molecule has 0 unspecified atom stereocenters. The summed E-state index contributed by atoms with van der Waals surface area (Å²) in [7, 11) is -2.34. The van der Waals surface area contributed by atoms with E-state index >= 15 is 0 Å². The molecule has 0 aliphatic rings. The molecule has 0 saturated carbocycles. The molecule has 3 N–H and O–H groups in total. The Kier molecular flexibility index (Phi) is 7.35. The van der Waals surface area contributed by atoms with Crippen molar-refractivity contribution in [2.75, 3.05) is 24.9 Å². The smallest absolute Gasteiger partial charge is 0.426 e. The number of urea groups is 1. The van der Waals surface area contributed by atoms with Gasteiger partial charge in [-0.25, -0.2) is 14.6 Å². The lowest BCUT2D eigenvalue weighted by atomic mass is 10.1. The molecule has 0 saturated heterocycles. The van der Waals surface area contributed by atoms with Crippen molar-refractivity contribution in [3.63, 3.8) is 0 Å². The summed E-state index contributed by atoms with van der Waals surface area (Å²) in [4.78, 5) is 23.3. The molecule has 0 aliphatic carbocycles. The standard InChI is InChI=1S/C15H17N3O3.CH4O3S/c1-3-16-14(19)18(17(2)15(20)21)13-9-8-11-6-4-5-7-12(11)10-13;1-5(2,3)4/h4-10H,3H2,1-2H3,(H,16,19)(H,20,21);1H3,(H,2,3,4). The average molecular weight is 383 g/mol. The lowest BCUT2D eigenvalue weighted by molar-refractivity contribution is 0.151. The van der Waals surface area contributed by atoms with Gasteiger partial charge in [-0.15, -0.1) is 0 Å². The maximum absolute atomic E-state index is 12.1. The largest absolute Gasteiger partial charge is 0.464 e. The normalized spacial score (nSPS) is 10.5. The second-order valence-corrected chi connectivity index (χ2v) is 6.68. The van der Waals surface area contributed by atoms with E-state index in [1.54, 1.807) is 19.1 Å². The molecule has 3 amide bonds. The number of carbonyl (C=O) groups excluding carboxylic acids is 1. The van der Waals surface area contributed by atoms with Crippen LogP contribution in [0.1, 0.15) is 6.92 Å². The van der Waals surface area contributed by atoms with Gasteiger partial charge in [0.15, 0.2) is 0 Å². The summed E-state index contributed by atoms with van der Waals surface area (Å²) >= 11 is 0. The Morgan fingerprint density at radius 2 is 1.65 bits per heavy atom. The SMILES string of the molecule is CCNC(=O)N(c1ccc2ccccc2c1)N(C)C(=O)O.CS(=O)(=O)O. The van der Waals surface area contributed by atoms with E-state index in [0.717, 1.165) is 20.8 Å². The lowest BCUT2D eigenvalue weighted by Crippen LogP contribution is -2.51. The number of fused-ring (bicyclic) bond motifs is 1. The molecule has 0 fully saturated rings. The summed E-state index contributed by atoms with van der Waals surface area (Å²) in [5, 5.41) is 15.7. The topological polar surface area (TPSA) is 127 Å². The molecule has 0 heterocycles. The highest BCUT2D eigenvalue weighted by molar-refractivity contribution is 7.85. The molecule has 0 aliphatic heterocycles. The molecule has 0 atom stereocenters. The van der Waals surface area contributed by atoms with Gasteiger partial charge in [0.1, 0.15) is 0 Å². The number of carbonyl (C=O) groups is 2. The quantitative estimate of drug-likeness (QED) is 0.540. The van der Waals surface area contributed by atoms with E-state index in [1.807, 2.05) is 30.3 Å². The van der Waals surface area contributed by atoms with Crippen LogP contribution in [0.4, 0.5) is 15.3 Å². The van der Waals surface area contributed by atoms with Crippen molar-refractivity contribution in [3.8, 4) is 0 Å². The van der Waals surface area contributed by atoms with Gasteiger partial charge < -0.3 is 10.4 Å². The fourth-order valence-corrected chi connectivity index (χ4v) is 2.05. The second-order valence-electron chi connectivity index (χ2n) is 5.22. The van der Waals surface area contributed by atoms with Gasteiger partial charge in [-0.1, -0.05) is 30.3 Å². The fourth-order valence-electron chi connectivity index (χ4n) is 2.05. The summed E-state index contributed by atoms with van der Waals surface area (Å²) in [5.41, 5.74) is 0.490. The van der Waals surface area contributed by atoms with E-state index < -0.39 is 22.2 Å². The second kappa shape index (κ2) is 9.02. The van der Waals surface area contributed by atoms with Gasteiger partial charge in [0.2, 0.25) is 0 Å². The number of amides is 3. The number of carboxylic acid groups (broad SMARTS) is 1. The maximum Gasteiger partial charge on any atom is 0.426 e. The molecule has 2 aromatic carbocycles. The molecule has 9 nitrogen and oxygen atoms in total. The first-order valence-corrected chi connectivity index (χ1v) is 9.35. The van der Waals surface area contributed by atoms with Crippen molar-refractivity contribution in [1.82, 2.24) is 10.3 Å². The number of benzene rings is 2. The Balaban J connectivity index is 0.000000597. The molecule has 26 heavy (non-hydrogen) atoms. The van der Waals surface area contributed by atoms with Gasteiger partial charge in [0.05, 0.1) is 11.9 Å². The monoisotopic (exact) mass is 383 g/mol. The van der Waals surface area contributed by atoms with E-state index in [9.17, 15) is 18.0 Å². The van der Waals surface area contributed by atoms with Crippen LogP contribution in [0.2, 0.25) is 0 Å². The van der Waals surface area contributed by atoms with Crippen molar-refractivity contribution in [3.05, 3.63) is 42.5 Å². The highest BCUT2D eigenvalue weighted by Gasteiger charge is 2.23. The number of anilines is 1. The molecule has 0 spiro atoms. The van der Waals surface area contributed by atoms with Crippen LogP contribution in [0, 0.1) is 0 Å². The van der Waals surface area contributed by atoms with E-state index in [4.69, 9.17) is 9.66 Å². The highest BCUT2D eigenvalue weighted by atomic mass is 32.2. The van der Waals surface area contributed by atoms with Crippen molar-refractivity contribution in [2.24, 2.45) is 0 Å². The molecule has 142 valence electrons. The van der Waals surface area contributed by atoms with Crippen LogP contribution >= 0.6 is 0 Å². The molecule has 0 bridgehead atoms. The van der Waals surface area contributed by atoms with Crippen LogP contribution in [0.25, 0.3) is 10.8 Å². The molecule has 2 aromatic rings. The average Bonchev–Trinajstić information content (AvgIpc) is 2.53. The Labute approximate surface area is 151 Å². The zero-order valence-corrected chi connectivity index (χ0v) is 15.4. The molecular weight excluding hydrogens is 362 g/mol. The lowest BCUT2D eigenvalue weighted by Gasteiger charge is -2.29. The van der Waals surface area contributed by atoms with E-state index in [-0.39, 0.29) is 0 Å². The predicted molar refractivity (Wildman–Crippen MR) is 98.8 cm³/mol. The minimum atomic E-state index is -3.67. The summed E-state index contributed by atoms with van der Waals surface area (Å²) in [6, 6.07) is 12.5. The van der Waals surface area contributed by atoms with E-state index in [2.05, 4.69) is 5.32 Å². The Morgan fingerprint density at radius 1 is 1.12 bits per heavy atom. The Hall–Kier alpha value is -2.85. The third-order valence-electron chi connectivity index (χ3n) is 3.07. The van der Waals surface area contributed by atoms with E-state index in [0.29, 0.717) is 18.5 Å². The first-order chi connectivity index (χ1) is 12.0. The van der Waals surface area contributed by atoms with Crippen LogP contribution in [-0.2, 0) is 10.1 Å². The van der Waals surface area contributed by atoms with Gasteiger partial charge in [0.25, 0.3) is 10.1 Å². The summed E-state index contributed by atoms with van der Waals surface area (Å²) in [6.45, 7) is 2.19. The molecule has 0 aromatic heterocycles. The maximum atomic E-state index is 12.1. The van der Waals surface area contributed by atoms with Gasteiger partial charge in [-0.3, -0.25) is 4.55 Å². The molecule has 2 rings (SSSR count). The number of hydrazine groups is 1. The summed E-state index contributed by atoms with van der Waals surface area (Å²) in [5.74, 6) is 0. The Morgan fingerprint density at radius 3 is 2.15 bits per heavy atom. The molecular formula is C16H21N3O6S. The number of nitrogens with zero attached hydrogens (tertiary/aromatic N) is 2. The summed E-state index contributed by atoms with van der Waals surface area (Å²) in [6.07, 6.45) is -0.498. The number of nitrogens with one attached hydrogen (secondary N) is 1. The zero-order chi connectivity index (χ0) is 19.9. The number of hydrogen-bond acceptors (Lipinski definition) is 4. The van der Waals surface area contributed by atoms with Crippen molar-refractivity contribution < 1.29 is 27.7 Å². The molecule has 10 heteroatoms. The van der Waals surface area contributed by atoms with Crippen molar-refractivity contribution >= 4 is 38.7 Å². The van der Waals surface area contributed by atoms with Gasteiger partial charge in [-0.05, 0) is 29.8 Å². The van der Waals surface area contributed by atoms with Crippen molar-refractivity contribution in [1.29, 1.82) is 0 Å². The third kappa shape index (κ3) is 6.57. The first kappa shape index (κ1) is 21.2. The van der Waals surface area contributed by atoms with E-state index in [1.165, 1.54) is 7.05 Å². The predicted octanol–water partition coefficient (Wildman–Crippen LogP) is 2.40. The van der Waals surface area contributed by atoms with Gasteiger partial charge >= 0.3 is 12.1 Å². The van der Waals surface area contributed by atoms with Gasteiger partial charge in [0, 0.05) is 13.6 Å². The van der Waals surface area contributed by atoms with Crippen LogP contribution in [-0.4, -0.2) is 55.1 Å². The van der Waals surface area contributed by atoms with Gasteiger partial charge in [-0.2, -0.15) is 13.4 Å². The highest BCUT2D eigenvalue weighted by Crippen LogP contribution is 2.23. The fraction of sp³-hybridized carbons (Fsp3) is 0.250. The molecule has 0 radical (unpaired) electrons. The zero-order valence-electron chi connectivity index (χ0n) is 14.6. The van der Waals surface area contributed by atoms with Crippen molar-refractivity contribution in [2.45, 2.75) is 6.92 Å². The first-order valence-electron chi connectivity index (χ1n) is 7.50. The summed E-state index contributed by atoms with van der Waals surface area (Å²) < 4.78 is 25.9. The van der Waals surface area contributed by atoms with Crippen LogP contribution < -0.4 is 10.3 Å². The third-order valence-corrected chi connectivity index (χ3v) is 3.07. The van der Waals surface area contributed by atoms with Crippen LogP contribution in [0.15, 0.2) is 42.5 Å². The van der Waals surface area contributed by atoms with Crippen LogP contribution in [0.3, 0.4) is 0 Å². The number of rotatable bonds is 2. The Bertz CT molecular complexity index is 876. The number of hydrogen-bond donors (Lipinski definition) is 3. The van der Waals surface area contributed by atoms with Crippen LogP contribution in [0.5, 0.6) is 0 Å².